The van der Waals surface area contributed by atoms with Crippen molar-refractivity contribution in [2.45, 2.75) is 18.8 Å². The minimum atomic E-state index is -3.55. The number of aromatic nitrogens is 4. The maximum absolute atomic E-state index is 12.3. The van der Waals surface area contributed by atoms with Crippen LogP contribution in [-0.4, -0.2) is 51.7 Å². The molecule has 1 aliphatic rings. The van der Waals surface area contributed by atoms with Gasteiger partial charge in [-0.05, 0) is 25.0 Å². The summed E-state index contributed by atoms with van der Waals surface area (Å²) < 4.78 is 25.9. The van der Waals surface area contributed by atoms with E-state index in [1.165, 1.54) is 4.31 Å². The Hall–Kier alpha value is -2.57. The first-order valence-electron chi connectivity index (χ1n) is 8.03. The summed E-state index contributed by atoms with van der Waals surface area (Å²) in [5.41, 5.74) is 2.27. The molecule has 128 valence electrons. The fourth-order valence-electron chi connectivity index (χ4n) is 3.48. The number of hydrogen-bond donors (Lipinski definition) is 1. The van der Waals surface area contributed by atoms with Crippen molar-refractivity contribution in [2.75, 3.05) is 18.8 Å². The average Bonchev–Trinajstić information content (AvgIpc) is 3.10. The van der Waals surface area contributed by atoms with Gasteiger partial charge in [0, 0.05) is 42.2 Å². The van der Waals surface area contributed by atoms with E-state index in [1.807, 2.05) is 12.1 Å². The minimum absolute atomic E-state index is 0.0341. The Bertz CT molecular complexity index is 1080. The molecular formula is C16H16N6O2S. The first-order valence-corrected chi connectivity index (χ1v) is 9.64. The highest BCUT2D eigenvalue weighted by atomic mass is 32.2. The highest BCUT2D eigenvalue weighted by Gasteiger charge is 2.31. The van der Waals surface area contributed by atoms with Gasteiger partial charge in [-0.1, -0.05) is 0 Å². The van der Waals surface area contributed by atoms with Crippen LogP contribution >= 0.6 is 0 Å². The number of nitriles is 1. The molecular weight excluding hydrogens is 340 g/mol. The first kappa shape index (κ1) is 15.9. The Labute approximate surface area is 144 Å². The van der Waals surface area contributed by atoms with Crippen LogP contribution in [-0.2, 0) is 10.0 Å². The van der Waals surface area contributed by atoms with E-state index in [9.17, 15) is 8.42 Å². The number of piperidine rings is 1. The maximum Gasteiger partial charge on any atom is 0.227 e. The number of nitrogens with one attached hydrogen (secondary N) is 1. The first-order chi connectivity index (χ1) is 12.1. The van der Waals surface area contributed by atoms with E-state index in [0.29, 0.717) is 18.7 Å². The van der Waals surface area contributed by atoms with Crippen LogP contribution in [0.15, 0.2) is 24.5 Å². The Balaban J connectivity index is 1.79. The van der Waals surface area contributed by atoms with Crippen molar-refractivity contribution >= 4 is 32.0 Å². The Morgan fingerprint density at radius 2 is 2.24 bits per heavy atom. The van der Waals surface area contributed by atoms with Crippen LogP contribution in [0.4, 0.5) is 0 Å². The minimum Gasteiger partial charge on any atom is -0.345 e. The van der Waals surface area contributed by atoms with Gasteiger partial charge in [0.1, 0.15) is 0 Å². The fraction of sp³-hybridized carbons (Fsp3) is 0.375. The third-order valence-corrected chi connectivity index (χ3v) is 6.23. The molecule has 4 heterocycles. The van der Waals surface area contributed by atoms with Gasteiger partial charge < -0.3 is 4.98 Å². The van der Waals surface area contributed by atoms with Gasteiger partial charge in [0.2, 0.25) is 10.0 Å². The van der Waals surface area contributed by atoms with Gasteiger partial charge in [0.25, 0.3) is 0 Å². The van der Waals surface area contributed by atoms with E-state index in [-0.39, 0.29) is 5.92 Å². The summed E-state index contributed by atoms with van der Waals surface area (Å²) in [6.45, 7) is 0.787. The molecule has 0 amide bonds. The van der Waals surface area contributed by atoms with E-state index in [0.717, 1.165) is 34.8 Å². The van der Waals surface area contributed by atoms with Gasteiger partial charge in [-0.15, -0.1) is 10.2 Å². The van der Waals surface area contributed by atoms with Crippen LogP contribution in [0.1, 0.15) is 24.5 Å². The molecule has 9 heteroatoms. The van der Waals surface area contributed by atoms with Gasteiger partial charge in [-0.2, -0.15) is 5.26 Å². The van der Waals surface area contributed by atoms with Crippen molar-refractivity contribution in [2.24, 2.45) is 0 Å². The highest BCUT2D eigenvalue weighted by Crippen LogP contribution is 2.33. The monoisotopic (exact) mass is 356 g/mol. The van der Waals surface area contributed by atoms with Crippen LogP contribution in [0.25, 0.3) is 21.9 Å². The summed E-state index contributed by atoms with van der Waals surface area (Å²) in [6, 6.07) is 5.49. The molecule has 3 aromatic rings. The Morgan fingerprint density at radius 1 is 1.36 bits per heavy atom. The predicted octanol–water partition coefficient (Wildman–Crippen LogP) is 1.54. The number of sulfonamides is 1. The Morgan fingerprint density at radius 3 is 3.08 bits per heavy atom. The van der Waals surface area contributed by atoms with Crippen LogP contribution in [0.2, 0.25) is 0 Å². The molecule has 1 fully saturated rings. The van der Waals surface area contributed by atoms with Crippen LogP contribution in [0, 0.1) is 11.3 Å². The fourth-order valence-corrected chi connectivity index (χ4v) is 4.64. The average molecular weight is 356 g/mol. The number of hydrogen-bond acceptors (Lipinski definition) is 6. The van der Waals surface area contributed by atoms with Gasteiger partial charge in [0.15, 0.2) is 11.4 Å². The van der Waals surface area contributed by atoms with Crippen molar-refractivity contribution in [3.63, 3.8) is 0 Å². The zero-order valence-corrected chi connectivity index (χ0v) is 14.2. The van der Waals surface area contributed by atoms with E-state index in [1.54, 1.807) is 18.5 Å². The molecule has 0 aliphatic carbocycles. The summed E-state index contributed by atoms with van der Waals surface area (Å²) in [4.78, 5) is 7.60. The predicted molar refractivity (Wildman–Crippen MR) is 92.1 cm³/mol. The van der Waals surface area contributed by atoms with E-state index < -0.39 is 15.8 Å². The van der Waals surface area contributed by atoms with Gasteiger partial charge in [-0.3, -0.25) is 4.98 Å². The zero-order chi connectivity index (χ0) is 17.4. The van der Waals surface area contributed by atoms with Crippen molar-refractivity contribution < 1.29 is 8.42 Å². The molecule has 1 unspecified atom stereocenters. The molecule has 0 bridgehead atoms. The number of H-pyrrole nitrogens is 1. The molecule has 0 aromatic carbocycles. The summed E-state index contributed by atoms with van der Waals surface area (Å²) in [7, 11) is -3.55. The van der Waals surface area contributed by atoms with Crippen molar-refractivity contribution in [1.82, 2.24) is 24.5 Å². The normalized spacial score (nSPS) is 19.2. The Kier molecular flexibility index (Phi) is 3.86. The van der Waals surface area contributed by atoms with E-state index in [4.69, 9.17) is 5.26 Å². The maximum atomic E-state index is 12.3. The lowest BCUT2D eigenvalue weighted by atomic mass is 9.92. The van der Waals surface area contributed by atoms with E-state index >= 15 is 0 Å². The molecule has 1 atom stereocenters. The topological polar surface area (TPSA) is 116 Å². The summed E-state index contributed by atoms with van der Waals surface area (Å²) >= 11 is 0. The lowest BCUT2D eigenvalue weighted by Crippen LogP contribution is -2.40. The third kappa shape index (κ3) is 2.73. The van der Waals surface area contributed by atoms with E-state index in [2.05, 4.69) is 20.2 Å². The lowest BCUT2D eigenvalue weighted by molar-refractivity contribution is 0.315. The second-order valence-corrected chi connectivity index (χ2v) is 8.11. The zero-order valence-electron chi connectivity index (χ0n) is 13.4. The smallest absolute Gasteiger partial charge is 0.227 e. The third-order valence-electron chi connectivity index (χ3n) is 4.62. The lowest BCUT2D eigenvalue weighted by Gasteiger charge is -2.31. The number of nitrogens with zero attached hydrogens (tertiary/aromatic N) is 5. The largest absolute Gasteiger partial charge is 0.345 e. The molecule has 1 N–H and O–H groups in total. The second kappa shape index (κ2) is 6.06. The van der Waals surface area contributed by atoms with Gasteiger partial charge in [0.05, 0.1) is 17.3 Å². The van der Waals surface area contributed by atoms with Crippen LogP contribution in [0.5, 0.6) is 0 Å². The standard InChI is InChI=1S/C16H16N6O2S/c17-5-9-25(23,24)22-8-1-2-11(10-22)15-14-12-3-6-19-16(12)21-20-13(14)4-7-18-15/h3-4,6-7,11H,1-2,8-10H2,(H,19,21). The molecule has 3 aromatic heterocycles. The molecule has 4 rings (SSSR count). The summed E-state index contributed by atoms with van der Waals surface area (Å²) in [5, 5.41) is 19.0. The highest BCUT2D eigenvalue weighted by molar-refractivity contribution is 7.89. The molecule has 0 radical (unpaired) electrons. The number of rotatable bonds is 3. The van der Waals surface area contributed by atoms with Crippen LogP contribution in [0.3, 0.4) is 0 Å². The van der Waals surface area contributed by atoms with Crippen molar-refractivity contribution in [3.8, 4) is 6.07 Å². The van der Waals surface area contributed by atoms with Gasteiger partial charge >= 0.3 is 0 Å². The molecule has 0 saturated carbocycles. The second-order valence-electron chi connectivity index (χ2n) is 6.14. The molecule has 1 saturated heterocycles. The SMILES string of the molecule is N#CCS(=O)(=O)N1CCCC(c2nccc3nnc4[nH]ccc4c23)C1. The number of aromatic amines is 1. The van der Waals surface area contributed by atoms with Crippen molar-refractivity contribution in [3.05, 3.63) is 30.2 Å². The molecule has 1 aliphatic heterocycles. The molecule has 8 nitrogen and oxygen atoms in total. The number of pyridine rings is 1. The molecule has 0 spiro atoms. The summed E-state index contributed by atoms with van der Waals surface area (Å²) in [5.74, 6) is -0.524. The number of fused-ring (bicyclic) bond motifs is 3. The quantitative estimate of drug-likeness (QED) is 0.761. The summed E-state index contributed by atoms with van der Waals surface area (Å²) in [6.07, 6.45) is 5.08. The van der Waals surface area contributed by atoms with Gasteiger partial charge in [-0.25, -0.2) is 12.7 Å². The molecule has 25 heavy (non-hydrogen) atoms. The van der Waals surface area contributed by atoms with Crippen LogP contribution < -0.4 is 0 Å². The van der Waals surface area contributed by atoms with Crippen molar-refractivity contribution in [1.29, 1.82) is 5.26 Å².